The third-order valence-electron chi connectivity index (χ3n) is 1.96. The molecule has 0 unspecified atom stereocenters. The second-order valence-electron chi connectivity index (χ2n) is 3.54. The van der Waals surface area contributed by atoms with E-state index in [1.165, 1.54) is 0 Å². The molecule has 1 aromatic carbocycles. The normalized spacial score (nSPS) is 9.95. The maximum absolute atomic E-state index is 11.4. The number of nitrogens with one attached hydrogen (secondary N) is 1. The van der Waals surface area contributed by atoms with Crippen LogP contribution >= 0.6 is 15.9 Å². The zero-order valence-electron chi connectivity index (χ0n) is 10.1. The van der Waals surface area contributed by atoms with Crippen LogP contribution in [0.1, 0.15) is 0 Å². The Morgan fingerprint density at radius 1 is 1.32 bits per heavy atom. The molecule has 0 radical (unpaired) electrons. The van der Waals surface area contributed by atoms with Crippen molar-refractivity contribution in [2.75, 3.05) is 26.4 Å². The number of carbonyl (C=O) groups excluding carboxylic acids is 1. The van der Waals surface area contributed by atoms with Gasteiger partial charge in [0, 0.05) is 11.0 Å². The quantitative estimate of drug-likeness (QED) is 0.695. The molecule has 1 aromatic rings. The first kappa shape index (κ1) is 15.5. The Morgan fingerprint density at radius 3 is 2.79 bits per heavy atom. The Balaban J connectivity index is 2.13. The Hall–Kier alpha value is -1.60. The van der Waals surface area contributed by atoms with Gasteiger partial charge in [-0.1, -0.05) is 22.0 Å². The van der Waals surface area contributed by atoms with E-state index in [4.69, 9.17) is 14.6 Å². The molecule has 7 heteroatoms. The minimum Gasteiger partial charge on any atom is -0.484 e. The van der Waals surface area contributed by atoms with Crippen LogP contribution in [0.4, 0.5) is 0 Å². The average Bonchev–Trinajstić information content (AvgIpc) is 2.35. The van der Waals surface area contributed by atoms with E-state index in [2.05, 4.69) is 21.2 Å². The predicted octanol–water partition coefficient (Wildman–Crippen LogP) is 1.05. The predicted molar refractivity (Wildman–Crippen MR) is 71.1 cm³/mol. The summed E-state index contributed by atoms with van der Waals surface area (Å²) in [6.07, 6.45) is 0. The lowest BCUT2D eigenvalue weighted by Gasteiger charge is -2.07. The summed E-state index contributed by atoms with van der Waals surface area (Å²) in [6, 6.07) is 7.15. The number of benzene rings is 1. The molecule has 0 heterocycles. The molecule has 6 nitrogen and oxygen atoms in total. The van der Waals surface area contributed by atoms with E-state index in [1.807, 2.05) is 6.07 Å². The van der Waals surface area contributed by atoms with Crippen LogP contribution in [-0.2, 0) is 14.3 Å². The molecule has 0 spiro atoms. The van der Waals surface area contributed by atoms with Gasteiger partial charge >= 0.3 is 5.97 Å². The van der Waals surface area contributed by atoms with Crippen molar-refractivity contribution in [1.82, 2.24) is 5.32 Å². The molecule has 19 heavy (non-hydrogen) atoms. The summed E-state index contributed by atoms with van der Waals surface area (Å²) in [5, 5.41) is 10.9. The standard InChI is InChI=1S/C12H14BrNO5/c13-9-2-1-3-10(6-9)19-7-11(15)14-4-5-18-8-12(16)17/h1-3,6H,4-5,7-8H2,(H,14,15)(H,16,17). The highest BCUT2D eigenvalue weighted by atomic mass is 79.9. The van der Waals surface area contributed by atoms with Crippen LogP contribution in [0.5, 0.6) is 5.75 Å². The second kappa shape index (κ2) is 8.49. The highest BCUT2D eigenvalue weighted by Crippen LogP contribution is 2.17. The summed E-state index contributed by atoms with van der Waals surface area (Å²) in [5.41, 5.74) is 0. The highest BCUT2D eigenvalue weighted by molar-refractivity contribution is 9.10. The minimum atomic E-state index is -1.04. The van der Waals surface area contributed by atoms with Gasteiger partial charge in [0.1, 0.15) is 12.4 Å². The first-order chi connectivity index (χ1) is 9.08. The van der Waals surface area contributed by atoms with Gasteiger partial charge in [-0.15, -0.1) is 0 Å². The molecule has 104 valence electrons. The van der Waals surface area contributed by atoms with E-state index in [1.54, 1.807) is 18.2 Å². The fraction of sp³-hybridized carbons (Fsp3) is 0.333. The summed E-state index contributed by atoms with van der Waals surface area (Å²) in [6.45, 7) is -0.0807. The van der Waals surface area contributed by atoms with Crippen LogP contribution < -0.4 is 10.1 Å². The zero-order chi connectivity index (χ0) is 14.1. The molecular formula is C12H14BrNO5. The molecule has 0 fully saturated rings. The average molecular weight is 332 g/mol. The first-order valence-corrected chi connectivity index (χ1v) is 6.32. The van der Waals surface area contributed by atoms with Gasteiger partial charge in [-0.3, -0.25) is 4.79 Å². The smallest absolute Gasteiger partial charge is 0.329 e. The zero-order valence-corrected chi connectivity index (χ0v) is 11.7. The number of hydrogen-bond donors (Lipinski definition) is 2. The van der Waals surface area contributed by atoms with Crippen LogP contribution in [0.15, 0.2) is 28.7 Å². The molecule has 1 amide bonds. The Labute approximate surface area is 118 Å². The number of amides is 1. The van der Waals surface area contributed by atoms with E-state index >= 15 is 0 Å². The lowest BCUT2D eigenvalue weighted by molar-refractivity contribution is -0.142. The van der Waals surface area contributed by atoms with Crippen molar-refractivity contribution in [3.63, 3.8) is 0 Å². The van der Waals surface area contributed by atoms with Gasteiger partial charge in [0.05, 0.1) is 6.61 Å². The second-order valence-corrected chi connectivity index (χ2v) is 4.46. The number of carbonyl (C=O) groups is 2. The fourth-order valence-corrected chi connectivity index (χ4v) is 1.56. The Morgan fingerprint density at radius 2 is 2.11 bits per heavy atom. The topological polar surface area (TPSA) is 84.9 Å². The number of hydrogen-bond acceptors (Lipinski definition) is 4. The van der Waals surface area contributed by atoms with Gasteiger partial charge in [0.25, 0.3) is 5.91 Å². The molecule has 0 aromatic heterocycles. The van der Waals surface area contributed by atoms with Crippen LogP contribution in [0.25, 0.3) is 0 Å². The van der Waals surface area contributed by atoms with Crippen molar-refractivity contribution in [2.24, 2.45) is 0 Å². The summed E-state index contributed by atoms with van der Waals surface area (Å²) < 4.78 is 10.9. The molecule has 2 N–H and O–H groups in total. The van der Waals surface area contributed by atoms with Crippen molar-refractivity contribution in [3.8, 4) is 5.75 Å². The van der Waals surface area contributed by atoms with Crippen molar-refractivity contribution in [3.05, 3.63) is 28.7 Å². The molecule has 1 rings (SSSR count). The summed E-state index contributed by atoms with van der Waals surface area (Å²) >= 11 is 3.29. The molecule has 0 atom stereocenters. The van der Waals surface area contributed by atoms with Crippen LogP contribution in [-0.4, -0.2) is 43.3 Å². The SMILES string of the molecule is O=C(O)COCCNC(=O)COc1cccc(Br)c1. The van der Waals surface area contributed by atoms with Gasteiger partial charge < -0.3 is 19.9 Å². The summed E-state index contributed by atoms with van der Waals surface area (Å²) in [7, 11) is 0. The fourth-order valence-electron chi connectivity index (χ4n) is 1.18. The third kappa shape index (κ3) is 7.43. The lowest BCUT2D eigenvalue weighted by atomic mass is 10.3. The van der Waals surface area contributed by atoms with Gasteiger partial charge in [0.15, 0.2) is 6.61 Å². The number of carboxylic acids is 1. The van der Waals surface area contributed by atoms with Gasteiger partial charge in [-0.25, -0.2) is 4.79 Å². The number of halogens is 1. The third-order valence-corrected chi connectivity index (χ3v) is 2.45. The van der Waals surface area contributed by atoms with E-state index in [0.29, 0.717) is 5.75 Å². The molecule has 0 aliphatic rings. The minimum absolute atomic E-state index is 0.102. The lowest BCUT2D eigenvalue weighted by Crippen LogP contribution is -2.32. The first-order valence-electron chi connectivity index (χ1n) is 5.52. The largest absolute Gasteiger partial charge is 0.484 e. The molecule has 0 aliphatic heterocycles. The number of carboxylic acid groups (broad SMARTS) is 1. The van der Waals surface area contributed by atoms with Crippen LogP contribution in [0.2, 0.25) is 0 Å². The summed E-state index contributed by atoms with van der Waals surface area (Å²) in [4.78, 5) is 21.5. The van der Waals surface area contributed by atoms with Crippen LogP contribution in [0, 0.1) is 0 Å². The Kier molecular flexibility index (Phi) is 6.91. The number of ether oxygens (including phenoxy) is 2. The van der Waals surface area contributed by atoms with Crippen molar-refractivity contribution >= 4 is 27.8 Å². The molecule has 0 saturated heterocycles. The van der Waals surface area contributed by atoms with Gasteiger partial charge in [-0.2, -0.15) is 0 Å². The molecule has 0 bridgehead atoms. The Bertz CT molecular complexity index is 438. The van der Waals surface area contributed by atoms with Crippen molar-refractivity contribution in [2.45, 2.75) is 0 Å². The molecular weight excluding hydrogens is 318 g/mol. The van der Waals surface area contributed by atoms with Gasteiger partial charge in [0.2, 0.25) is 0 Å². The van der Waals surface area contributed by atoms with E-state index < -0.39 is 5.97 Å². The molecule has 0 aliphatic carbocycles. The van der Waals surface area contributed by atoms with Gasteiger partial charge in [-0.05, 0) is 18.2 Å². The summed E-state index contributed by atoms with van der Waals surface area (Å²) in [5.74, 6) is -0.741. The number of rotatable bonds is 8. The van der Waals surface area contributed by atoms with Crippen LogP contribution in [0.3, 0.4) is 0 Å². The van der Waals surface area contributed by atoms with E-state index in [-0.39, 0.29) is 32.3 Å². The maximum atomic E-state index is 11.4. The number of aliphatic carboxylic acids is 1. The van der Waals surface area contributed by atoms with E-state index in [0.717, 1.165) is 4.47 Å². The highest BCUT2D eigenvalue weighted by Gasteiger charge is 2.03. The maximum Gasteiger partial charge on any atom is 0.329 e. The van der Waals surface area contributed by atoms with E-state index in [9.17, 15) is 9.59 Å². The van der Waals surface area contributed by atoms with Crippen molar-refractivity contribution in [1.29, 1.82) is 0 Å². The monoisotopic (exact) mass is 331 g/mol. The molecule has 0 saturated carbocycles. The van der Waals surface area contributed by atoms with Crippen molar-refractivity contribution < 1.29 is 24.2 Å².